The van der Waals surface area contributed by atoms with E-state index in [1.54, 1.807) is 7.11 Å². The average Bonchev–Trinajstić information content (AvgIpc) is 2.75. The van der Waals surface area contributed by atoms with E-state index in [2.05, 4.69) is 18.2 Å². The first kappa shape index (κ1) is 18.9. The van der Waals surface area contributed by atoms with Gasteiger partial charge in [0.15, 0.2) is 0 Å². The van der Waals surface area contributed by atoms with E-state index in [-0.39, 0.29) is 5.56 Å². The van der Waals surface area contributed by atoms with E-state index in [9.17, 15) is 4.79 Å². The molecule has 4 heteroatoms. The number of rotatable bonds is 5. The number of nitrogens with zero attached hydrogens (tertiary/aromatic N) is 2. The van der Waals surface area contributed by atoms with Crippen molar-refractivity contribution in [3.8, 4) is 17.1 Å². The lowest BCUT2D eigenvalue weighted by molar-refractivity contribution is 0.411. The van der Waals surface area contributed by atoms with Crippen LogP contribution in [0, 0.1) is 13.8 Å². The third kappa shape index (κ3) is 3.66. The fourth-order valence-corrected chi connectivity index (χ4v) is 3.72. The van der Waals surface area contributed by atoms with Crippen LogP contribution in [0.2, 0.25) is 0 Å². The monoisotopic (exact) mass is 384 g/mol. The van der Waals surface area contributed by atoms with Crippen molar-refractivity contribution in [3.05, 3.63) is 93.8 Å². The van der Waals surface area contributed by atoms with Crippen LogP contribution in [0.15, 0.2) is 71.5 Å². The van der Waals surface area contributed by atoms with Gasteiger partial charge in [-0.25, -0.2) is 4.98 Å². The van der Waals surface area contributed by atoms with Crippen LogP contribution in [0.1, 0.15) is 16.7 Å². The normalized spacial score (nSPS) is 11.0. The van der Waals surface area contributed by atoms with Gasteiger partial charge in [0.25, 0.3) is 5.56 Å². The summed E-state index contributed by atoms with van der Waals surface area (Å²) >= 11 is 0. The van der Waals surface area contributed by atoms with Crippen molar-refractivity contribution in [1.29, 1.82) is 0 Å². The van der Waals surface area contributed by atoms with Gasteiger partial charge in [-0.3, -0.25) is 9.36 Å². The van der Waals surface area contributed by atoms with E-state index in [0.717, 1.165) is 34.4 Å². The Morgan fingerprint density at radius 2 is 1.66 bits per heavy atom. The molecule has 4 aromatic rings. The smallest absolute Gasteiger partial charge is 0.261 e. The molecule has 0 atom stereocenters. The van der Waals surface area contributed by atoms with Gasteiger partial charge < -0.3 is 4.74 Å². The Bertz CT molecular complexity index is 1230. The maximum absolute atomic E-state index is 13.4. The summed E-state index contributed by atoms with van der Waals surface area (Å²) in [6.07, 6.45) is 0.766. The second-order valence-electron chi connectivity index (χ2n) is 7.28. The number of ether oxygens (including phenoxy) is 1. The van der Waals surface area contributed by atoms with E-state index >= 15 is 0 Å². The van der Waals surface area contributed by atoms with Crippen molar-refractivity contribution in [3.63, 3.8) is 0 Å². The van der Waals surface area contributed by atoms with Gasteiger partial charge in [0.05, 0.1) is 18.0 Å². The summed E-state index contributed by atoms with van der Waals surface area (Å²) in [5.74, 6) is 1.54. The Hall–Kier alpha value is -3.40. The highest BCUT2D eigenvalue weighted by atomic mass is 16.5. The molecule has 4 nitrogen and oxygen atoms in total. The zero-order valence-corrected chi connectivity index (χ0v) is 17.0. The summed E-state index contributed by atoms with van der Waals surface area (Å²) in [6, 6.07) is 21.8. The van der Waals surface area contributed by atoms with Crippen LogP contribution in [0.5, 0.6) is 5.75 Å². The molecule has 0 bridgehead atoms. The lowest BCUT2D eigenvalue weighted by Crippen LogP contribution is -2.24. The molecule has 0 radical (unpaired) electrons. The Kier molecular flexibility index (Phi) is 5.17. The molecule has 0 aliphatic heterocycles. The van der Waals surface area contributed by atoms with Gasteiger partial charge in [0.1, 0.15) is 11.6 Å². The second kappa shape index (κ2) is 7.92. The van der Waals surface area contributed by atoms with Crippen LogP contribution >= 0.6 is 0 Å². The predicted molar refractivity (Wildman–Crippen MR) is 118 cm³/mol. The standard InChI is InChI=1S/C25H24N2O2/c1-17-16-23(29-3)18(2)15-21(17)24-26-22-12-8-7-11-20(22)25(28)27(24)14-13-19-9-5-4-6-10-19/h4-12,15-16H,13-14H2,1-3H3. The maximum atomic E-state index is 13.4. The molecule has 29 heavy (non-hydrogen) atoms. The molecule has 0 amide bonds. The highest BCUT2D eigenvalue weighted by Gasteiger charge is 2.16. The molecule has 0 aliphatic carbocycles. The summed E-state index contributed by atoms with van der Waals surface area (Å²) in [5, 5.41) is 0.646. The molecule has 0 saturated carbocycles. The minimum absolute atomic E-state index is 0.00518. The fraction of sp³-hybridized carbons (Fsp3) is 0.200. The second-order valence-corrected chi connectivity index (χ2v) is 7.28. The molecule has 0 unspecified atom stereocenters. The summed E-state index contributed by atoms with van der Waals surface area (Å²) in [4.78, 5) is 18.3. The van der Waals surface area contributed by atoms with Crippen molar-refractivity contribution in [2.24, 2.45) is 0 Å². The minimum Gasteiger partial charge on any atom is -0.496 e. The van der Waals surface area contributed by atoms with Crippen molar-refractivity contribution in [2.45, 2.75) is 26.8 Å². The van der Waals surface area contributed by atoms with E-state index in [1.807, 2.05) is 66.9 Å². The van der Waals surface area contributed by atoms with Crippen LogP contribution in [0.3, 0.4) is 0 Å². The lowest BCUT2D eigenvalue weighted by Gasteiger charge is -2.17. The van der Waals surface area contributed by atoms with Gasteiger partial charge in [-0.2, -0.15) is 0 Å². The number of benzene rings is 3. The van der Waals surface area contributed by atoms with Gasteiger partial charge in [-0.15, -0.1) is 0 Å². The number of para-hydroxylation sites is 1. The largest absolute Gasteiger partial charge is 0.496 e. The number of aryl methyl sites for hydroxylation is 3. The molecule has 0 fully saturated rings. The van der Waals surface area contributed by atoms with Crippen LogP contribution in [-0.2, 0) is 13.0 Å². The van der Waals surface area contributed by atoms with Crippen molar-refractivity contribution in [1.82, 2.24) is 9.55 Å². The molecular formula is C25H24N2O2. The number of hydrogen-bond donors (Lipinski definition) is 0. The molecule has 3 aromatic carbocycles. The molecule has 1 aromatic heterocycles. The first-order chi connectivity index (χ1) is 14.1. The molecule has 0 aliphatic rings. The van der Waals surface area contributed by atoms with E-state index in [0.29, 0.717) is 17.8 Å². The minimum atomic E-state index is -0.00518. The van der Waals surface area contributed by atoms with Gasteiger partial charge >= 0.3 is 0 Å². The van der Waals surface area contributed by atoms with Gasteiger partial charge in [0.2, 0.25) is 0 Å². The lowest BCUT2D eigenvalue weighted by atomic mass is 10.0. The van der Waals surface area contributed by atoms with Crippen LogP contribution in [-0.4, -0.2) is 16.7 Å². The SMILES string of the molecule is COc1cc(C)c(-c2nc3ccccc3c(=O)n2CCc2ccccc2)cc1C. The third-order valence-electron chi connectivity index (χ3n) is 5.31. The predicted octanol–water partition coefficient (Wildman–Crippen LogP) is 4.93. The van der Waals surface area contributed by atoms with Gasteiger partial charge in [-0.1, -0.05) is 42.5 Å². The highest BCUT2D eigenvalue weighted by Crippen LogP contribution is 2.29. The van der Waals surface area contributed by atoms with Crippen molar-refractivity contribution >= 4 is 10.9 Å². The number of hydrogen-bond acceptors (Lipinski definition) is 3. The summed E-state index contributed by atoms with van der Waals surface area (Å²) in [5.41, 5.74) is 4.92. The first-order valence-corrected chi connectivity index (χ1v) is 9.77. The maximum Gasteiger partial charge on any atom is 0.261 e. The fourth-order valence-electron chi connectivity index (χ4n) is 3.72. The molecule has 0 N–H and O–H groups in total. The number of aromatic nitrogens is 2. The first-order valence-electron chi connectivity index (χ1n) is 9.77. The summed E-state index contributed by atoms with van der Waals surface area (Å²) in [6.45, 7) is 4.61. The number of fused-ring (bicyclic) bond motifs is 1. The summed E-state index contributed by atoms with van der Waals surface area (Å²) in [7, 11) is 1.67. The topological polar surface area (TPSA) is 44.1 Å². The molecule has 146 valence electrons. The molecule has 0 saturated heterocycles. The van der Waals surface area contributed by atoms with Crippen molar-refractivity contribution in [2.75, 3.05) is 7.11 Å². The number of methoxy groups -OCH3 is 1. The van der Waals surface area contributed by atoms with E-state index < -0.39 is 0 Å². The average molecular weight is 384 g/mol. The van der Waals surface area contributed by atoms with Crippen molar-refractivity contribution < 1.29 is 4.74 Å². The van der Waals surface area contributed by atoms with Gasteiger partial charge in [0, 0.05) is 12.1 Å². The van der Waals surface area contributed by atoms with Crippen LogP contribution in [0.4, 0.5) is 0 Å². The quantitative estimate of drug-likeness (QED) is 0.490. The molecule has 4 rings (SSSR count). The van der Waals surface area contributed by atoms with Crippen LogP contribution in [0.25, 0.3) is 22.3 Å². The Morgan fingerprint density at radius 1 is 0.931 bits per heavy atom. The zero-order valence-electron chi connectivity index (χ0n) is 17.0. The Morgan fingerprint density at radius 3 is 2.41 bits per heavy atom. The van der Waals surface area contributed by atoms with E-state index in [1.165, 1.54) is 5.56 Å². The third-order valence-corrected chi connectivity index (χ3v) is 5.31. The summed E-state index contributed by atoms with van der Waals surface area (Å²) < 4.78 is 7.27. The highest BCUT2D eigenvalue weighted by molar-refractivity contribution is 5.80. The zero-order chi connectivity index (χ0) is 20.4. The molecule has 0 spiro atoms. The molecular weight excluding hydrogens is 360 g/mol. The molecule has 1 heterocycles. The Labute approximate surface area is 170 Å². The Balaban J connectivity index is 1.90. The van der Waals surface area contributed by atoms with Gasteiger partial charge in [-0.05, 0) is 61.2 Å². The van der Waals surface area contributed by atoms with Crippen LogP contribution < -0.4 is 10.3 Å². The van der Waals surface area contributed by atoms with E-state index in [4.69, 9.17) is 9.72 Å².